The molecule has 1 aliphatic carbocycles. The van der Waals surface area contributed by atoms with Crippen molar-refractivity contribution < 1.29 is 28.1 Å². The Morgan fingerprint density at radius 2 is 1.82 bits per heavy atom. The van der Waals surface area contributed by atoms with Gasteiger partial charge in [0.1, 0.15) is 11.9 Å². The summed E-state index contributed by atoms with van der Waals surface area (Å²) in [5.41, 5.74) is 4.66. The lowest BCUT2D eigenvalue weighted by Gasteiger charge is -2.12. The number of hydrogen-bond acceptors (Lipinski definition) is 5. The van der Waals surface area contributed by atoms with Crippen LogP contribution in [0, 0.1) is 5.82 Å². The number of carbonyl (C=O) groups excluding carboxylic acids is 2. The molecule has 34 heavy (non-hydrogen) atoms. The first-order valence-corrected chi connectivity index (χ1v) is 12.9. The van der Waals surface area contributed by atoms with Gasteiger partial charge in [-0.05, 0) is 70.7 Å². The van der Waals surface area contributed by atoms with E-state index in [2.05, 4.69) is 5.32 Å². The van der Waals surface area contributed by atoms with Crippen LogP contribution in [0.15, 0.2) is 52.9 Å². The second-order valence-electron chi connectivity index (χ2n) is 7.83. The van der Waals surface area contributed by atoms with Crippen LogP contribution in [0.3, 0.4) is 0 Å². The van der Waals surface area contributed by atoms with Gasteiger partial charge in [-0.1, -0.05) is 30.0 Å². The molecule has 0 bridgehead atoms. The summed E-state index contributed by atoms with van der Waals surface area (Å²) < 4.78 is 25.7. The first-order valence-electron chi connectivity index (χ1n) is 10.4. The van der Waals surface area contributed by atoms with Gasteiger partial charge in [-0.15, -0.1) is 0 Å². The molecule has 2 aromatic rings. The van der Waals surface area contributed by atoms with E-state index in [1.54, 1.807) is 24.5 Å². The van der Waals surface area contributed by atoms with Gasteiger partial charge in [0, 0.05) is 41.0 Å². The molecule has 2 atom stereocenters. The summed E-state index contributed by atoms with van der Waals surface area (Å²) in [5, 5.41) is 11.3. The number of carboxylic acids is 1. The lowest BCUT2D eigenvalue weighted by atomic mass is 10.0. The number of benzene rings is 2. The average molecular weight is 502 g/mol. The summed E-state index contributed by atoms with van der Waals surface area (Å²) in [6, 6.07) is 10.6. The summed E-state index contributed by atoms with van der Waals surface area (Å²) in [6.07, 6.45) is 3.54. The van der Waals surface area contributed by atoms with Crippen LogP contribution in [0.4, 0.5) is 4.39 Å². The van der Waals surface area contributed by atoms with E-state index in [1.807, 2.05) is 25.1 Å². The van der Waals surface area contributed by atoms with Gasteiger partial charge in [-0.2, -0.15) is 0 Å². The van der Waals surface area contributed by atoms with Gasteiger partial charge in [0.05, 0.1) is 0 Å². The largest absolute Gasteiger partial charge is 0.480 e. The van der Waals surface area contributed by atoms with Crippen molar-refractivity contribution in [1.29, 1.82) is 0 Å². The van der Waals surface area contributed by atoms with Crippen LogP contribution < -0.4 is 5.32 Å². The molecule has 0 aromatic heterocycles. The molecule has 0 saturated heterocycles. The molecule has 178 valence electrons. The number of rotatable bonds is 8. The number of fused-ring (bicyclic) bond motifs is 1. The van der Waals surface area contributed by atoms with Crippen LogP contribution in [0.5, 0.6) is 0 Å². The molecule has 1 amide bonds. The van der Waals surface area contributed by atoms with Crippen molar-refractivity contribution >= 4 is 56.8 Å². The first kappa shape index (κ1) is 25.6. The number of aliphatic carboxylic acids is 1. The Hall–Kier alpha value is -3.04. The van der Waals surface area contributed by atoms with Gasteiger partial charge in [-0.3, -0.25) is 13.8 Å². The average Bonchev–Trinajstić information content (AvgIpc) is 3.01. The van der Waals surface area contributed by atoms with Crippen molar-refractivity contribution in [3.8, 4) is 0 Å². The zero-order valence-corrected chi connectivity index (χ0v) is 20.5. The van der Waals surface area contributed by atoms with E-state index in [4.69, 9.17) is 0 Å². The zero-order chi connectivity index (χ0) is 25.0. The molecule has 3 rings (SSSR count). The predicted octanol–water partition coefficient (Wildman–Crippen LogP) is 4.13. The molecule has 9 heteroatoms. The Kier molecular flexibility index (Phi) is 8.22. The fraction of sp³-hybridized carbons (Fsp3) is 0.240. The van der Waals surface area contributed by atoms with Gasteiger partial charge in [0.15, 0.2) is 5.12 Å². The number of nitrogens with one attached hydrogen (secondary N) is 1. The summed E-state index contributed by atoms with van der Waals surface area (Å²) in [6.45, 7) is 3.08. The van der Waals surface area contributed by atoms with E-state index in [0.717, 1.165) is 34.0 Å². The third kappa shape index (κ3) is 6.09. The van der Waals surface area contributed by atoms with Crippen molar-refractivity contribution in [2.45, 2.75) is 31.2 Å². The molecule has 1 aliphatic rings. The second kappa shape index (κ2) is 10.9. The van der Waals surface area contributed by atoms with Gasteiger partial charge in [0.25, 0.3) is 0 Å². The Morgan fingerprint density at radius 1 is 1.15 bits per heavy atom. The van der Waals surface area contributed by atoms with E-state index in [-0.39, 0.29) is 17.3 Å². The molecule has 1 unspecified atom stereocenters. The molecule has 0 radical (unpaired) electrons. The maximum absolute atomic E-state index is 14.1. The van der Waals surface area contributed by atoms with Crippen LogP contribution in [-0.2, 0) is 25.2 Å². The SMILES string of the molecule is CC(=O)N[C@H](CSC(=O)CC1=C(C)C(=Cc2ccc(S(C)=O)cc2)c2ccc(F)cc21)C(=O)O. The van der Waals surface area contributed by atoms with Gasteiger partial charge >= 0.3 is 5.97 Å². The molecule has 6 nitrogen and oxygen atoms in total. The van der Waals surface area contributed by atoms with E-state index in [1.165, 1.54) is 19.1 Å². The second-order valence-corrected chi connectivity index (χ2v) is 10.3. The molecule has 2 N–H and O–H groups in total. The molecule has 2 aromatic carbocycles. The normalized spacial score (nSPS) is 15.7. The standard InChI is InChI=1S/C25H24FNO5S2/c1-14-20(10-16-4-7-18(8-5-16)34(3)32)19-9-6-17(26)11-22(19)21(14)12-24(29)33-13-23(25(30)31)27-15(2)28/h4-11,23H,12-13H2,1-3H3,(H,27,28)(H,30,31)/t23-,34?/m1/s1. The third-order valence-electron chi connectivity index (χ3n) is 5.38. The Balaban J connectivity index is 1.87. The quantitative estimate of drug-likeness (QED) is 0.564. The Labute approximate surface area is 203 Å². The van der Waals surface area contributed by atoms with Crippen molar-refractivity contribution in [2.24, 2.45) is 0 Å². The smallest absolute Gasteiger partial charge is 0.327 e. The van der Waals surface area contributed by atoms with Gasteiger partial charge in [0.2, 0.25) is 5.91 Å². The molecular weight excluding hydrogens is 477 g/mol. The Bertz CT molecular complexity index is 1230. The number of thioether (sulfide) groups is 1. The van der Waals surface area contributed by atoms with Crippen molar-refractivity contribution in [1.82, 2.24) is 5.32 Å². The summed E-state index contributed by atoms with van der Waals surface area (Å²) in [7, 11) is -1.08. The highest BCUT2D eigenvalue weighted by molar-refractivity contribution is 8.13. The van der Waals surface area contributed by atoms with Crippen LogP contribution in [0.2, 0.25) is 0 Å². The van der Waals surface area contributed by atoms with Crippen LogP contribution in [-0.4, -0.2) is 44.4 Å². The van der Waals surface area contributed by atoms with E-state index < -0.39 is 34.5 Å². The fourth-order valence-electron chi connectivity index (χ4n) is 3.70. The van der Waals surface area contributed by atoms with Crippen molar-refractivity contribution in [3.63, 3.8) is 0 Å². The number of allylic oxidation sites excluding steroid dienone is 3. The number of hydrogen-bond donors (Lipinski definition) is 2. The Morgan fingerprint density at radius 3 is 2.41 bits per heavy atom. The molecule has 0 aliphatic heterocycles. The maximum atomic E-state index is 14.1. The number of amides is 1. The number of halogens is 1. The van der Waals surface area contributed by atoms with Gasteiger partial charge in [-0.25, -0.2) is 9.18 Å². The van der Waals surface area contributed by atoms with E-state index >= 15 is 0 Å². The number of carboxylic acid groups (broad SMARTS) is 1. The van der Waals surface area contributed by atoms with E-state index in [0.29, 0.717) is 16.0 Å². The minimum Gasteiger partial charge on any atom is -0.480 e. The van der Waals surface area contributed by atoms with Crippen LogP contribution in [0.1, 0.15) is 37.0 Å². The highest BCUT2D eigenvalue weighted by atomic mass is 32.2. The summed E-state index contributed by atoms with van der Waals surface area (Å²) in [5.74, 6) is -2.24. The van der Waals surface area contributed by atoms with E-state index in [9.17, 15) is 28.1 Å². The minimum absolute atomic E-state index is 0.00947. The molecule has 0 fully saturated rings. The van der Waals surface area contributed by atoms with Crippen molar-refractivity contribution in [3.05, 3.63) is 70.5 Å². The maximum Gasteiger partial charge on any atom is 0.327 e. The lowest BCUT2D eigenvalue weighted by molar-refractivity contribution is -0.140. The topological polar surface area (TPSA) is 101 Å². The first-order chi connectivity index (χ1) is 16.1. The molecule has 0 spiro atoms. The highest BCUT2D eigenvalue weighted by Gasteiger charge is 2.27. The summed E-state index contributed by atoms with van der Waals surface area (Å²) >= 11 is 0.821. The fourth-order valence-corrected chi connectivity index (χ4v) is 5.04. The molecule has 0 heterocycles. The lowest BCUT2D eigenvalue weighted by Crippen LogP contribution is -2.41. The zero-order valence-electron chi connectivity index (χ0n) is 18.9. The third-order valence-corrected chi connectivity index (χ3v) is 7.29. The minimum atomic E-state index is -1.22. The van der Waals surface area contributed by atoms with Crippen LogP contribution >= 0.6 is 11.8 Å². The monoisotopic (exact) mass is 501 g/mol. The molecule has 0 saturated carbocycles. The predicted molar refractivity (Wildman–Crippen MR) is 133 cm³/mol. The van der Waals surface area contributed by atoms with Crippen LogP contribution in [0.25, 0.3) is 17.2 Å². The van der Waals surface area contributed by atoms with Crippen molar-refractivity contribution in [2.75, 3.05) is 12.0 Å². The number of carbonyl (C=O) groups is 3. The highest BCUT2D eigenvalue weighted by Crippen LogP contribution is 2.44. The summed E-state index contributed by atoms with van der Waals surface area (Å²) in [4.78, 5) is 35.9. The van der Waals surface area contributed by atoms with Gasteiger partial charge < -0.3 is 10.4 Å². The molecular formula is C25H24FNO5S2.